The van der Waals surface area contributed by atoms with Crippen molar-refractivity contribution in [3.63, 3.8) is 0 Å². The summed E-state index contributed by atoms with van der Waals surface area (Å²) in [6.07, 6.45) is 8.66. The zero-order chi connectivity index (χ0) is 20.2. The van der Waals surface area contributed by atoms with Crippen LogP contribution in [0.4, 0.5) is 5.82 Å². The molecule has 0 aliphatic carbocycles. The number of anilines is 1. The van der Waals surface area contributed by atoms with Gasteiger partial charge in [-0.25, -0.2) is 4.98 Å². The molecule has 1 amide bonds. The molecule has 148 valence electrons. The number of aliphatic hydroxyl groups excluding tert-OH is 1. The normalized spacial score (nSPS) is 11.6. The summed E-state index contributed by atoms with van der Waals surface area (Å²) < 4.78 is 0. The first kappa shape index (κ1) is 22.4. The van der Waals surface area contributed by atoms with Crippen molar-refractivity contribution in [3.05, 3.63) is 47.9 Å². The van der Waals surface area contributed by atoms with Gasteiger partial charge in [-0.15, -0.1) is 0 Å². The second-order valence-corrected chi connectivity index (χ2v) is 6.29. The smallest absolute Gasteiger partial charge is 0.267 e. The minimum absolute atomic E-state index is 0.0760. The monoisotopic (exact) mass is 372 g/mol. The first-order chi connectivity index (χ1) is 13.0. The van der Waals surface area contributed by atoms with Crippen LogP contribution in [0.2, 0.25) is 0 Å². The molecule has 0 spiro atoms. The number of H-pyrrole nitrogens is 1. The third kappa shape index (κ3) is 7.27. The first-order valence-corrected chi connectivity index (χ1v) is 9.35. The summed E-state index contributed by atoms with van der Waals surface area (Å²) in [6.45, 7) is 10.4. The average Bonchev–Trinajstić information content (AvgIpc) is 3.17. The number of hydrogen-bond acceptors (Lipinski definition) is 4. The summed E-state index contributed by atoms with van der Waals surface area (Å²) in [4.78, 5) is 19.3. The van der Waals surface area contributed by atoms with Crippen LogP contribution in [0.25, 0.3) is 11.1 Å². The SMILES string of the molecule is C/C=C\C.CCC(C)Nc1cc(-c2c[nH]c(C(=O)NCCO)c2)c(C)cn1. The van der Waals surface area contributed by atoms with Crippen LogP contribution in [-0.4, -0.2) is 40.2 Å². The van der Waals surface area contributed by atoms with Gasteiger partial charge in [0.2, 0.25) is 0 Å². The lowest BCUT2D eigenvalue weighted by Crippen LogP contribution is -2.26. The Kier molecular flexibility index (Phi) is 9.90. The molecule has 4 N–H and O–H groups in total. The zero-order valence-electron chi connectivity index (χ0n) is 17.0. The number of nitrogens with zero attached hydrogens (tertiary/aromatic N) is 1. The number of aromatic nitrogens is 2. The van der Waals surface area contributed by atoms with Crippen molar-refractivity contribution in [2.24, 2.45) is 0 Å². The third-order valence-electron chi connectivity index (χ3n) is 4.08. The van der Waals surface area contributed by atoms with Gasteiger partial charge in [-0.2, -0.15) is 0 Å². The lowest BCUT2D eigenvalue weighted by Gasteiger charge is -2.13. The molecular formula is C21H32N4O2. The molecule has 0 saturated carbocycles. The quantitative estimate of drug-likeness (QED) is 0.555. The lowest BCUT2D eigenvalue weighted by molar-refractivity contribution is 0.0940. The van der Waals surface area contributed by atoms with Gasteiger partial charge in [0.25, 0.3) is 5.91 Å². The highest BCUT2D eigenvalue weighted by molar-refractivity contribution is 5.94. The molecule has 2 aromatic heterocycles. The average molecular weight is 373 g/mol. The molecule has 2 rings (SSSR count). The predicted octanol–water partition coefficient (Wildman–Crippen LogP) is 3.90. The zero-order valence-corrected chi connectivity index (χ0v) is 17.0. The maximum absolute atomic E-state index is 11.9. The molecule has 0 aliphatic heterocycles. The summed E-state index contributed by atoms with van der Waals surface area (Å²) in [5.74, 6) is 0.599. The number of carbonyl (C=O) groups is 1. The van der Waals surface area contributed by atoms with E-state index < -0.39 is 0 Å². The summed E-state index contributed by atoms with van der Waals surface area (Å²) >= 11 is 0. The number of nitrogens with one attached hydrogen (secondary N) is 3. The van der Waals surface area contributed by atoms with Crippen molar-refractivity contribution in [2.75, 3.05) is 18.5 Å². The fourth-order valence-electron chi connectivity index (χ4n) is 2.21. The minimum Gasteiger partial charge on any atom is -0.395 e. The summed E-state index contributed by atoms with van der Waals surface area (Å²) in [6, 6.07) is 4.16. The van der Waals surface area contributed by atoms with Gasteiger partial charge in [0.05, 0.1) is 6.61 Å². The molecule has 0 bridgehead atoms. The van der Waals surface area contributed by atoms with Gasteiger partial charge < -0.3 is 20.7 Å². The largest absolute Gasteiger partial charge is 0.395 e. The maximum Gasteiger partial charge on any atom is 0.267 e. The predicted molar refractivity (Wildman–Crippen MR) is 112 cm³/mol. The summed E-state index contributed by atoms with van der Waals surface area (Å²) in [5.41, 5.74) is 3.48. The number of amides is 1. The standard InChI is InChI=1S/C17H24N4O2.C4H8/c1-4-12(3)21-16-8-14(11(2)9-20-16)13-7-15(19-10-13)17(23)18-5-6-22;1-3-4-2/h7-10,12,19,22H,4-6H2,1-3H3,(H,18,23)(H,20,21);3-4H,1-2H3/b;4-3-. The van der Waals surface area contributed by atoms with Gasteiger partial charge in [0, 0.05) is 30.5 Å². The van der Waals surface area contributed by atoms with Crippen LogP contribution in [0.15, 0.2) is 36.7 Å². The van der Waals surface area contributed by atoms with Gasteiger partial charge in [-0.1, -0.05) is 19.1 Å². The molecule has 1 atom stereocenters. The molecule has 27 heavy (non-hydrogen) atoms. The molecule has 2 aromatic rings. The highest BCUT2D eigenvalue weighted by Gasteiger charge is 2.12. The van der Waals surface area contributed by atoms with Crippen molar-refractivity contribution < 1.29 is 9.90 Å². The molecule has 0 aromatic carbocycles. The molecule has 1 unspecified atom stereocenters. The molecule has 6 nitrogen and oxygen atoms in total. The van der Waals surface area contributed by atoms with Gasteiger partial charge in [0.1, 0.15) is 11.5 Å². The molecule has 2 heterocycles. The molecule has 0 saturated heterocycles. The Balaban J connectivity index is 0.000000828. The Morgan fingerprint density at radius 3 is 2.63 bits per heavy atom. The van der Waals surface area contributed by atoms with E-state index in [0.717, 1.165) is 28.9 Å². The second kappa shape index (κ2) is 11.9. The van der Waals surface area contributed by atoms with Crippen molar-refractivity contribution in [1.29, 1.82) is 0 Å². The third-order valence-corrected chi connectivity index (χ3v) is 4.08. The van der Waals surface area contributed by atoms with E-state index >= 15 is 0 Å². The van der Waals surface area contributed by atoms with E-state index in [4.69, 9.17) is 5.11 Å². The number of pyridine rings is 1. The number of carbonyl (C=O) groups excluding carboxylic acids is 1. The van der Waals surface area contributed by atoms with Crippen molar-refractivity contribution in [2.45, 2.75) is 47.1 Å². The van der Waals surface area contributed by atoms with E-state index in [9.17, 15) is 4.79 Å². The van der Waals surface area contributed by atoms with Crippen LogP contribution in [0.3, 0.4) is 0 Å². The number of hydrogen-bond donors (Lipinski definition) is 4. The van der Waals surface area contributed by atoms with Gasteiger partial charge in [-0.3, -0.25) is 4.79 Å². The molecule has 0 fully saturated rings. The molecule has 0 aliphatic rings. The van der Waals surface area contributed by atoms with E-state index in [-0.39, 0.29) is 19.1 Å². The number of rotatable bonds is 7. The Morgan fingerprint density at radius 2 is 2.04 bits per heavy atom. The van der Waals surface area contributed by atoms with Crippen LogP contribution < -0.4 is 10.6 Å². The topological polar surface area (TPSA) is 90.0 Å². The van der Waals surface area contributed by atoms with Crippen LogP contribution in [0, 0.1) is 6.92 Å². The van der Waals surface area contributed by atoms with Crippen LogP contribution >= 0.6 is 0 Å². The number of aromatic amines is 1. The van der Waals surface area contributed by atoms with Gasteiger partial charge in [-0.05, 0) is 57.4 Å². The number of aryl methyl sites for hydroxylation is 1. The Hall–Kier alpha value is -2.60. The minimum atomic E-state index is -0.227. The highest BCUT2D eigenvalue weighted by Crippen LogP contribution is 2.26. The molecule has 0 radical (unpaired) electrons. The van der Waals surface area contributed by atoms with Crippen molar-refractivity contribution >= 4 is 11.7 Å². The maximum atomic E-state index is 11.9. The van der Waals surface area contributed by atoms with Gasteiger partial charge in [0.15, 0.2) is 0 Å². The lowest BCUT2D eigenvalue weighted by atomic mass is 10.0. The summed E-state index contributed by atoms with van der Waals surface area (Å²) in [5, 5.41) is 14.8. The van der Waals surface area contributed by atoms with E-state index in [2.05, 4.69) is 34.4 Å². The van der Waals surface area contributed by atoms with E-state index in [1.54, 1.807) is 0 Å². The fraction of sp³-hybridized carbons (Fsp3) is 0.429. The van der Waals surface area contributed by atoms with E-state index in [1.807, 2.05) is 57.4 Å². The molecular weight excluding hydrogens is 340 g/mol. The van der Waals surface area contributed by atoms with Crippen molar-refractivity contribution in [3.8, 4) is 11.1 Å². The van der Waals surface area contributed by atoms with Gasteiger partial charge >= 0.3 is 0 Å². The second-order valence-electron chi connectivity index (χ2n) is 6.29. The number of allylic oxidation sites excluding steroid dienone is 2. The fourth-order valence-corrected chi connectivity index (χ4v) is 2.21. The Labute approximate surface area is 162 Å². The van der Waals surface area contributed by atoms with Crippen LogP contribution in [0.5, 0.6) is 0 Å². The van der Waals surface area contributed by atoms with Crippen LogP contribution in [-0.2, 0) is 0 Å². The van der Waals surface area contributed by atoms with E-state index in [0.29, 0.717) is 11.7 Å². The highest BCUT2D eigenvalue weighted by atomic mass is 16.3. The summed E-state index contributed by atoms with van der Waals surface area (Å²) in [7, 11) is 0. The Morgan fingerprint density at radius 1 is 1.33 bits per heavy atom. The first-order valence-electron chi connectivity index (χ1n) is 9.35. The van der Waals surface area contributed by atoms with E-state index in [1.165, 1.54) is 0 Å². The number of aliphatic hydroxyl groups is 1. The van der Waals surface area contributed by atoms with Crippen molar-refractivity contribution in [1.82, 2.24) is 15.3 Å². The van der Waals surface area contributed by atoms with Crippen LogP contribution in [0.1, 0.15) is 50.2 Å². The molecule has 6 heteroatoms. The Bertz CT molecular complexity index is 734.